The molecule has 1 aromatic heterocycles. The number of nitrogens with zero attached hydrogens (tertiary/aromatic N) is 3. The van der Waals surface area contributed by atoms with Gasteiger partial charge in [-0.15, -0.1) is 0 Å². The van der Waals surface area contributed by atoms with E-state index < -0.39 is 0 Å². The van der Waals surface area contributed by atoms with Gasteiger partial charge < -0.3 is 25.0 Å². The van der Waals surface area contributed by atoms with Gasteiger partial charge in [0.25, 0.3) is 5.91 Å². The summed E-state index contributed by atoms with van der Waals surface area (Å²) in [5.41, 5.74) is 9.52. The number of imidazole rings is 1. The van der Waals surface area contributed by atoms with Crippen LogP contribution in [0.25, 0.3) is 11.0 Å². The number of carbonyl (C=O) groups excluding carboxylic acids is 1. The smallest absolute Gasteiger partial charge is 0.254 e. The molecule has 0 unspecified atom stereocenters. The van der Waals surface area contributed by atoms with Crippen LogP contribution < -0.4 is 10.5 Å². The van der Waals surface area contributed by atoms with E-state index in [1.807, 2.05) is 82.3 Å². The van der Waals surface area contributed by atoms with E-state index in [1.54, 1.807) is 0 Å². The second-order valence-corrected chi connectivity index (χ2v) is 9.34. The molecule has 4 aromatic rings. The first-order valence-corrected chi connectivity index (χ1v) is 12.6. The number of rotatable bonds is 8. The minimum Gasteiger partial charge on any atom is -0.457 e. The van der Waals surface area contributed by atoms with Gasteiger partial charge in [-0.25, -0.2) is 4.98 Å². The SMILES string of the molecule is Nc1nc2ccc(Oc3ccccc3)cc2n1Cc1cccc(C(=O)N(CCO)C2CCCCC2)c1. The van der Waals surface area contributed by atoms with Crippen LogP contribution in [0, 0.1) is 0 Å². The van der Waals surface area contributed by atoms with Crippen molar-refractivity contribution in [2.75, 3.05) is 18.9 Å². The molecule has 0 radical (unpaired) electrons. The second kappa shape index (κ2) is 10.8. The van der Waals surface area contributed by atoms with E-state index in [1.165, 1.54) is 6.42 Å². The van der Waals surface area contributed by atoms with Crippen molar-refractivity contribution in [1.29, 1.82) is 0 Å². The van der Waals surface area contributed by atoms with E-state index in [9.17, 15) is 9.90 Å². The number of fused-ring (bicyclic) bond motifs is 1. The molecule has 7 nitrogen and oxygen atoms in total. The molecule has 36 heavy (non-hydrogen) atoms. The standard InChI is InChI=1S/C29H32N4O3/c30-29-31-26-15-14-25(36-24-12-5-2-6-13-24)19-27(26)33(29)20-21-8-7-9-22(18-21)28(35)32(16-17-34)23-10-3-1-4-11-23/h2,5-9,12-15,18-19,23,34H,1,3-4,10-11,16-17,20H2,(H2,30,31). The maximum atomic E-state index is 13.4. The Balaban J connectivity index is 1.40. The van der Waals surface area contributed by atoms with E-state index in [0.717, 1.165) is 48.0 Å². The van der Waals surface area contributed by atoms with E-state index in [2.05, 4.69) is 4.98 Å². The molecule has 1 fully saturated rings. The van der Waals surface area contributed by atoms with Gasteiger partial charge in [0.2, 0.25) is 5.95 Å². The zero-order valence-corrected chi connectivity index (χ0v) is 20.3. The summed E-state index contributed by atoms with van der Waals surface area (Å²) >= 11 is 0. The Morgan fingerprint density at radius 1 is 1.00 bits per heavy atom. The average Bonchev–Trinajstić information content (AvgIpc) is 3.22. The number of hydrogen-bond donors (Lipinski definition) is 2. The number of hydrogen-bond acceptors (Lipinski definition) is 5. The number of anilines is 1. The van der Waals surface area contributed by atoms with Crippen LogP contribution in [0.2, 0.25) is 0 Å². The summed E-state index contributed by atoms with van der Waals surface area (Å²) in [6.45, 7) is 0.797. The largest absolute Gasteiger partial charge is 0.457 e. The zero-order valence-electron chi connectivity index (χ0n) is 20.3. The van der Waals surface area contributed by atoms with Crippen molar-refractivity contribution in [3.05, 3.63) is 83.9 Å². The molecule has 0 spiro atoms. The van der Waals surface area contributed by atoms with Crippen LogP contribution in [-0.2, 0) is 6.54 Å². The number of nitrogens with two attached hydrogens (primary N) is 1. The molecular formula is C29H32N4O3. The Morgan fingerprint density at radius 3 is 2.58 bits per heavy atom. The number of amides is 1. The molecule has 1 saturated carbocycles. The lowest BCUT2D eigenvalue weighted by Gasteiger charge is -2.34. The summed E-state index contributed by atoms with van der Waals surface area (Å²) in [6.07, 6.45) is 5.46. The lowest BCUT2D eigenvalue weighted by molar-refractivity contribution is 0.0585. The van der Waals surface area contributed by atoms with Gasteiger partial charge >= 0.3 is 0 Å². The normalized spacial score (nSPS) is 14.1. The van der Waals surface area contributed by atoms with Crippen molar-refractivity contribution >= 4 is 22.9 Å². The highest BCUT2D eigenvalue weighted by atomic mass is 16.5. The number of aliphatic hydroxyl groups is 1. The first-order chi connectivity index (χ1) is 17.6. The molecule has 3 aromatic carbocycles. The van der Waals surface area contributed by atoms with Gasteiger partial charge in [0.15, 0.2) is 0 Å². The number of aromatic nitrogens is 2. The van der Waals surface area contributed by atoms with E-state index in [4.69, 9.17) is 10.5 Å². The van der Waals surface area contributed by atoms with Crippen molar-refractivity contribution in [1.82, 2.24) is 14.5 Å². The van der Waals surface area contributed by atoms with Crippen LogP contribution in [0.5, 0.6) is 11.5 Å². The maximum absolute atomic E-state index is 13.4. The fraction of sp³-hybridized carbons (Fsp3) is 0.310. The molecule has 1 aliphatic carbocycles. The third kappa shape index (κ3) is 5.21. The van der Waals surface area contributed by atoms with E-state index >= 15 is 0 Å². The maximum Gasteiger partial charge on any atom is 0.254 e. The monoisotopic (exact) mass is 484 g/mol. The van der Waals surface area contributed by atoms with E-state index in [0.29, 0.717) is 30.4 Å². The van der Waals surface area contributed by atoms with Crippen LogP contribution in [-0.4, -0.2) is 44.7 Å². The number of ether oxygens (including phenoxy) is 1. The molecule has 0 atom stereocenters. The number of para-hydroxylation sites is 1. The number of carbonyl (C=O) groups is 1. The van der Waals surface area contributed by atoms with Crippen molar-refractivity contribution in [3.63, 3.8) is 0 Å². The fourth-order valence-corrected chi connectivity index (χ4v) is 5.08. The number of aliphatic hydroxyl groups excluding tert-OH is 1. The lowest BCUT2D eigenvalue weighted by Crippen LogP contribution is -2.43. The van der Waals surface area contributed by atoms with Crippen LogP contribution in [0.4, 0.5) is 5.95 Å². The third-order valence-electron chi connectivity index (χ3n) is 6.86. The zero-order chi connectivity index (χ0) is 24.9. The highest BCUT2D eigenvalue weighted by Gasteiger charge is 2.26. The van der Waals surface area contributed by atoms with Crippen molar-refractivity contribution in [2.24, 2.45) is 0 Å². The van der Waals surface area contributed by atoms with Gasteiger partial charge in [-0.05, 0) is 54.8 Å². The van der Waals surface area contributed by atoms with Crippen LogP contribution in [0.15, 0.2) is 72.8 Å². The first kappa shape index (κ1) is 23.9. The average molecular weight is 485 g/mol. The summed E-state index contributed by atoms with van der Waals surface area (Å²) in [5, 5.41) is 9.61. The molecule has 0 saturated heterocycles. The third-order valence-corrected chi connectivity index (χ3v) is 6.86. The van der Waals surface area contributed by atoms with Gasteiger partial charge in [0.1, 0.15) is 11.5 Å². The highest BCUT2D eigenvalue weighted by molar-refractivity contribution is 5.94. The molecule has 1 amide bonds. The summed E-state index contributed by atoms with van der Waals surface area (Å²) in [7, 11) is 0. The highest BCUT2D eigenvalue weighted by Crippen LogP contribution is 2.28. The van der Waals surface area contributed by atoms with Crippen LogP contribution in [0.3, 0.4) is 0 Å². The van der Waals surface area contributed by atoms with Crippen molar-refractivity contribution < 1.29 is 14.6 Å². The minimum atomic E-state index is -0.0348. The van der Waals surface area contributed by atoms with Crippen LogP contribution in [0.1, 0.15) is 48.0 Å². The van der Waals surface area contributed by atoms with Gasteiger partial charge in [-0.1, -0.05) is 49.6 Å². The number of nitrogen functional groups attached to an aromatic ring is 1. The molecule has 3 N–H and O–H groups in total. The minimum absolute atomic E-state index is 0.0280. The predicted octanol–water partition coefficient (Wildman–Crippen LogP) is 5.23. The number of benzene rings is 3. The van der Waals surface area contributed by atoms with Gasteiger partial charge in [-0.3, -0.25) is 4.79 Å². The fourth-order valence-electron chi connectivity index (χ4n) is 5.08. The van der Waals surface area contributed by atoms with Gasteiger partial charge in [0, 0.05) is 24.2 Å². The summed E-state index contributed by atoms with van der Waals surface area (Å²) < 4.78 is 7.94. The predicted molar refractivity (Wildman–Crippen MR) is 141 cm³/mol. The van der Waals surface area contributed by atoms with Gasteiger partial charge in [-0.2, -0.15) is 0 Å². The molecule has 186 valence electrons. The Morgan fingerprint density at radius 2 is 1.81 bits per heavy atom. The second-order valence-electron chi connectivity index (χ2n) is 9.34. The molecule has 1 aliphatic rings. The molecule has 0 bridgehead atoms. The molecule has 0 aliphatic heterocycles. The molecule has 5 rings (SSSR count). The Hall–Kier alpha value is -3.84. The van der Waals surface area contributed by atoms with E-state index in [-0.39, 0.29) is 18.6 Å². The first-order valence-electron chi connectivity index (χ1n) is 12.6. The molecule has 1 heterocycles. The molecule has 7 heteroatoms. The van der Waals surface area contributed by atoms with Crippen molar-refractivity contribution in [3.8, 4) is 11.5 Å². The van der Waals surface area contributed by atoms with Crippen LogP contribution >= 0.6 is 0 Å². The topological polar surface area (TPSA) is 93.6 Å². The Bertz CT molecular complexity index is 1330. The summed E-state index contributed by atoms with van der Waals surface area (Å²) in [5.74, 6) is 1.83. The van der Waals surface area contributed by atoms with Gasteiger partial charge in [0.05, 0.1) is 24.2 Å². The van der Waals surface area contributed by atoms with Crippen molar-refractivity contribution in [2.45, 2.75) is 44.7 Å². The quantitative estimate of drug-likeness (QED) is 0.357. The Labute approximate surface area is 211 Å². The summed E-state index contributed by atoms with van der Waals surface area (Å²) in [6, 6.07) is 23.2. The lowest BCUT2D eigenvalue weighted by atomic mass is 9.93. The Kier molecular flexibility index (Phi) is 7.18. The molecular weight excluding hydrogens is 452 g/mol. The summed E-state index contributed by atoms with van der Waals surface area (Å²) in [4.78, 5) is 19.8.